The lowest BCUT2D eigenvalue weighted by atomic mass is 10.4. The zero-order chi connectivity index (χ0) is 8.43. The first kappa shape index (κ1) is 8.61. The van der Waals surface area contributed by atoms with Crippen LogP contribution in [0, 0.1) is 0 Å². The van der Waals surface area contributed by atoms with Crippen molar-refractivity contribution in [1.29, 1.82) is 0 Å². The number of thioether (sulfide) groups is 1. The van der Waals surface area contributed by atoms with E-state index in [1.54, 1.807) is 0 Å². The number of hydrogen-bond donors (Lipinski definition) is 2. The highest BCUT2D eigenvalue weighted by molar-refractivity contribution is 9.10. The van der Waals surface area contributed by atoms with Crippen molar-refractivity contribution >= 4 is 33.7 Å². The van der Waals surface area contributed by atoms with E-state index in [0.717, 1.165) is 0 Å². The van der Waals surface area contributed by atoms with E-state index in [1.807, 2.05) is 6.26 Å². The Morgan fingerprint density at radius 2 is 2.45 bits per heavy atom. The molecule has 60 valence electrons. The zero-order valence-electron chi connectivity index (χ0n) is 5.59. The lowest BCUT2D eigenvalue weighted by Gasteiger charge is -1.88. The van der Waals surface area contributed by atoms with Gasteiger partial charge < -0.3 is 5.11 Å². The average Bonchev–Trinajstić information content (AvgIpc) is 2.30. The SMILES string of the molecule is CSc1n[nH]c(C(=O)O)c1Br. The lowest BCUT2D eigenvalue weighted by molar-refractivity contribution is 0.0689. The van der Waals surface area contributed by atoms with Crippen molar-refractivity contribution < 1.29 is 9.90 Å². The number of nitrogens with one attached hydrogen (secondary N) is 1. The molecule has 0 aliphatic heterocycles. The molecule has 2 N–H and O–H groups in total. The number of hydrogen-bond acceptors (Lipinski definition) is 3. The van der Waals surface area contributed by atoms with Gasteiger partial charge in [0, 0.05) is 0 Å². The molecule has 0 aliphatic carbocycles. The molecule has 11 heavy (non-hydrogen) atoms. The first-order valence-corrected chi connectivity index (χ1v) is 4.69. The van der Waals surface area contributed by atoms with Gasteiger partial charge in [0.2, 0.25) is 0 Å². The molecule has 0 atom stereocenters. The molecule has 0 aromatic carbocycles. The molecule has 1 heterocycles. The largest absolute Gasteiger partial charge is 0.476 e. The van der Waals surface area contributed by atoms with Crippen LogP contribution in [0.2, 0.25) is 0 Å². The summed E-state index contributed by atoms with van der Waals surface area (Å²) in [5.41, 5.74) is 0.0920. The van der Waals surface area contributed by atoms with Crippen molar-refractivity contribution in [1.82, 2.24) is 10.2 Å². The number of aromatic nitrogens is 2. The maximum atomic E-state index is 10.4. The van der Waals surface area contributed by atoms with Crippen LogP contribution in [0.1, 0.15) is 10.5 Å². The van der Waals surface area contributed by atoms with Crippen molar-refractivity contribution in [3.63, 3.8) is 0 Å². The number of aromatic carboxylic acids is 1. The summed E-state index contributed by atoms with van der Waals surface area (Å²) in [7, 11) is 0. The van der Waals surface area contributed by atoms with Crippen molar-refractivity contribution in [2.75, 3.05) is 6.26 Å². The van der Waals surface area contributed by atoms with Crippen LogP contribution in [-0.4, -0.2) is 27.5 Å². The van der Waals surface area contributed by atoms with Crippen LogP contribution >= 0.6 is 27.7 Å². The maximum Gasteiger partial charge on any atom is 0.355 e. The molecule has 0 saturated heterocycles. The van der Waals surface area contributed by atoms with E-state index in [-0.39, 0.29) is 5.69 Å². The summed E-state index contributed by atoms with van der Waals surface area (Å²) < 4.78 is 0.512. The summed E-state index contributed by atoms with van der Waals surface area (Å²) >= 11 is 4.50. The minimum absolute atomic E-state index is 0.0920. The van der Waals surface area contributed by atoms with Gasteiger partial charge >= 0.3 is 5.97 Å². The molecule has 0 saturated carbocycles. The van der Waals surface area contributed by atoms with Crippen LogP contribution in [-0.2, 0) is 0 Å². The average molecular weight is 237 g/mol. The normalized spacial score (nSPS) is 10.0. The lowest BCUT2D eigenvalue weighted by Crippen LogP contribution is -1.96. The van der Waals surface area contributed by atoms with Crippen LogP contribution in [0.5, 0.6) is 0 Å². The number of halogens is 1. The van der Waals surface area contributed by atoms with Gasteiger partial charge in [-0.25, -0.2) is 4.79 Å². The number of nitrogens with zero attached hydrogens (tertiary/aromatic N) is 1. The molecule has 0 aliphatic rings. The Bertz CT molecular complexity index is 286. The van der Waals surface area contributed by atoms with Gasteiger partial charge in [0.05, 0.1) is 4.47 Å². The number of aromatic amines is 1. The second kappa shape index (κ2) is 3.27. The standard InChI is InChI=1S/C5H5BrN2O2S/c1-11-4-2(6)3(5(9)10)7-8-4/h1H3,(H,7,8)(H,9,10). The van der Waals surface area contributed by atoms with Gasteiger partial charge in [-0.05, 0) is 22.2 Å². The monoisotopic (exact) mass is 236 g/mol. The van der Waals surface area contributed by atoms with Gasteiger partial charge in [0.15, 0.2) is 5.69 Å². The van der Waals surface area contributed by atoms with Crippen molar-refractivity contribution in [3.8, 4) is 0 Å². The molecule has 6 heteroatoms. The van der Waals surface area contributed by atoms with Gasteiger partial charge in [-0.15, -0.1) is 11.8 Å². The summed E-state index contributed by atoms with van der Waals surface area (Å²) in [6.45, 7) is 0. The van der Waals surface area contributed by atoms with Gasteiger partial charge in [0.25, 0.3) is 0 Å². The van der Waals surface area contributed by atoms with E-state index >= 15 is 0 Å². The summed E-state index contributed by atoms with van der Waals surface area (Å²) in [5.74, 6) is -1.01. The molecule has 0 radical (unpaired) electrons. The van der Waals surface area contributed by atoms with Gasteiger partial charge in [0.1, 0.15) is 5.03 Å². The molecule has 0 bridgehead atoms. The van der Waals surface area contributed by atoms with Gasteiger partial charge in [-0.1, -0.05) is 0 Å². The van der Waals surface area contributed by atoms with E-state index in [1.165, 1.54) is 11.8 Å². The highest BCUT2D eigenvalue weighted by Gasteiger charge is 2.14. The fourth-order valence-corrected chi connectivity index (χ4v) is 1.84. The molecule has 0 unspecified atom stereocenters. The third kappa shape index (κ3) is 1.57. The predicted molar refractivity (Wildman–Crippen MR) is 45.0 cm³/mol. The molecule has 1 aromatic rings. The Morgan fingerprint density at radius 3 is 2.73 bits per heavy atom. The second-order valence-electron chi connectivity index (χ2n) is 1.73. The Kier molecular flexibility index (Phi) is 2.56. The zero-order valence-corrected chi connectivity index (χ0v) is 7.99. The molecule has 1 rings (SSSR count). The van der Waals surface area contributed by atoms with Crippen LogP contribution in [0.15, 0.2) is 9.50 Å². The summed E-state index contributed by atoms with van der Waals surface area (Å²) in [4.78, 5) is 10.4. The van der Waals surface area contributed by atoms with Crippen LogP contribution in [0.3, 0.4) is 0 Å². The van der Waals surface area contributed by atoms with Gasteiger partial charge in [-0.2, -0.15) is 5.10 Å². The Balaban J connectivity index is 3.10. The number of carboxylic acids is 1. The molecular weight excluding hydrogens is 232 g/mol. The highest BCUT2D eigenvalue weighted by Crippen LogP contribution is 2.25. The molecular formula is C5H5BrN2O2S. The topological polar surface area (TPSA) is 66.0 Å². The molecule has 0 spiro atoms. The molecule has 0 fully saturated rings. The minimum Gasteiger partial charge on any atom is -0.476 e. The number of carboxylic acid groups (broad SMARTS) is 1. The van der Waals surface area contributed by atoms with Crippen molar-refractivity contribution in [3.05, 3.63) is 10.2 Å². The van der Waals surface area contributed by atoms with Crippen molar-refractivity contribution in [2.45, 2.75) is 5.03 Å². The van der Waals surface area contributed by atoms with E-state index in [0.29, 0.717) is 9.50 Å². The maximum absolute atomic E-state index is 10.4. The summed E-state index contributed by atoms with van der Waals surface area (Å²) in [6.07, 6.45) is 1.83. The van der Waals surface area contributed by atoms with E-state index in [2.05, 4.69) is 26.1 Å². The fourth-order valence-electron chi connectivity index (χ4n) is 0.589. The quantitative estimate of drug-likeness (QED) is 0.766. The highest BCUT2D eigenvalue weighted by atomic mass is 79.9. The van der Waals surface area contributed by atoms with E-state index in [4.69, 9.17) is 5.11 Å². The van der Waals surface area contributed by atoms with Crippen molar-refractivity contribution in [2.24, 2.45) is 0 Å². The number of H-pyrrole nitrogens is 1. The minimum atomic E-state index is -1.01. The predicted octanol–water partition coefficient (Wildman–Crippen LogP) is 1.59. The van der Waals surface area contributed by atoms with Crippen LogP contribution < -0.4 is 0 Å². The smallest absolute Gasteiger partial charge is 0.355 e. The Morgan fingerprint density at radius 1 is 1.82 bits per heavy atom. The second-order valence-corrected chi connectivity index (χ2v) is 3.31. The number of carbonyl (C=O) groups is 1. The van der Waals surface area contributed by atoms with Crippen LogP contribution in [0.4, 0.5) is 0 Å². The van der Waals surface area contributed by atoms with E-state index in [9.17, 15) is 4.79 Å². The fraction of sp³-hybridized carbons (Fsp3) is 0.200. The molecule has 0 amide bonds. The molecule has 4 nitrogen and oxygen atoms in total. The molecule has 1 aromatic heterocycles. The van der Waals surface area contributed by atoms with Crippen LogP contribution in [0.25, 0.3) is 0 Å². The Hall–Kier alpha value is -0.490. The first-order chi connectivity index (χ1) is 5.16. The first-order valence-electron chi connectivity index (χ1n) is 2.68. The number of rotatable bonds is 2. The van der Waals surface area contributed by atoms with Gasteiger partial charge in [-0.3, -0.25) is 5.10 Å². The summed E-state index contributed by atoms with van der Waals surface area (Å²) in [5, 5.41) is 15.4. The Labute approximate surface area is 75.5 Å². The third-order valence-electron chi connectivity index (χ3n) is 1.08. The van der Waals surface area contributed by atoms with E-state index < -0.39 is 5.97 Å². The third-order valence-corrected chi connectivity index (χ3v) is 2.80. The summed E-state index contributed by atoms with van der Waals surface area (Å²) in [6, 6.07) is 0.